The molecule has 0 saturated carbocycles. The molecule has 0 spiro atoms. The van der Waals surface area contributed by atoms with E-state index in [-0.39, 0.29) is 16.6 Å². The highest BCUT2D eigenvalue weighted by atomic mass is 32.2. The minimum atomic E-state index is -3.70. The van der Waals surface area contributed by atoms with E-state index in [2.05, 4.69) is 10.3 Å². The van der Waals surface area contributed by atoms with E-state index in [1.807, 2.05) is 24.3 Å². The SMILES string of the molecule is COc1ccc([C@H]2CC(=O)C=C(NNS(=O)(=O)c3ccccc3)C2)cc1. The lowest BCUT2D eigenvalue weighted by Crippen LogP contribution is -2.38. The number of carbonyl (C=O) groups is 1. The lowest BCUT2D eigenvalue weighted by atomic mass is 9.85. The number of methoxy groups -OCH3 is 1. The van der Waals surface area contributed by atoms with Crippen molar-refractivity contribution in [2.45, 2.75) is 23.7 Å². The highest BCUT2D eigenvalue weighted by Crippen LogP contribution is 2.31. The average Bonchev–Trinajstić information content (AvgIpc) is 2.67. The molecule has 2 N–H and O–H groups in total. The van der Waals surface area contributed by atoms with Gasteiger partial charge in [-0.1, -0.05) is 30.3 Å². The Morgan fingerprint density at radius 2 is 1.69 bits per heavy atom. The van der Waals surface area contributed by atoms with Crippen molar-refractivity contribution in [1.82, 2.24) is 10.3 Å². The van der Waals surface area contributed by atoms with Crippen molar-refractivity contribution in [3.05, 3.63) is 71.9 Å². The van der Waals surface area contributed by atoms with E-state index in [1.54, 1.807) is 25.3 Å². The number of benzene rings is 2. The van der Waals surface area contributed by atoms with Crippen molar-refractivity contribution in [3.8, 4) is 5.75 Å². The third-order valence-electron chi connectivity index (χ3n) is 4.24. The monoisotopic (exact) mass is 372 g/mol. The number of allylic oxidation sites excluding steroid dienone is 2. The standard InChI is InChI=1S/C19H20N2O4S/c1-25-18-9-7-14(8-10-18)15-11-16(13-17(22)12-15)20-21-26(23,24)19-5-3-2-4-6-19/h2-10,13,15,20-21H,11-12H2,1H3/t15-/m1/s1. The van der Waals surface area contributed by atoms with Gasteiger partial charge < -0.3 is 10.2 Å². The van der Waals surface area contributed by atoms with Gasteiger partial charge in [0, 0.05) is 18.2 Å². The third kappa shape index (κ3) is 4.30. The normalized spacial score (nSPS) is 17.5. The highest BCUT2D eigenvalue weighted by molar-refractivity contribution is 7.89. The maximum absolute atomic E-state index is 12.3. The molecule has 3 rings (SSSR count). The zero-order chi connectivity index (χ0) is 18.6. The summed E-state index contributed by atoms with van der Waals surface area (Å²) < 4.78 is 29.7. The number of carbonyl (C=O) groups excluding carboxylic acids is 1. The zero-order valence-corrected chi connectivity index (χ0v) is 15.1. The first-order valence-corrected chi connectivity index (χ1v) is 9.66. The lowest BCUT2D eigenvalue weighted by Gasteiger charge is -2.23. The Bertz CT molecular complexity index is 906. The maximum atomic E-state index is 12.3. The van der Waals surface area contributed by atoms with Crippen LogP contribution in [0.15, 0.2) is 71.3 Å². The van der Waals surface area contributed by atoms with Gasteiger partial charge in [0.1, 0.15) is 5.75 Å². The molecule has 0 saturated heterocycles. The molecule has 0 amide bonds. The molecule has 7 heteroatoms. The number of sulfonamides is 1. The molecule has 1 aliphatic rings. The van der Waals surface area contributed by atoms with Crippen molar-refractivity contribution in [1.29, 1.82) is 0 Å². The van der Waals surface area contributed by atoms with Crippen LogP contribution >= 0.6 is 0 Å². The van der Waals surface area contributed by atoms with Crippen molar-refractivity contribution in [2.24, 2.45) is 0 Å². The molecule has 0 radical (unpaired) electrons. The molecule has 0 aromatic heterocycles. The van der Waals surface area contributed by atoms with Gasteiger partial charge in [0.25, 0.3) is 10.0 Å². The Morgan fingerprint density at radius 1 is 1.00 bits per heavy atom. The summed E-state index contributed by atoms with van der Waals surface area (Å²) in [5, 5.41) is 0. The second-order valence-corrected chi connectivity index (χ2v) is 7.74. The molecular weight excluding hydrogens is 352 g/mol. The first-order valence-electron chi connectivity index (χ1n) is 8.18. The topological polar surface area (TPSA) is 84.5 Å². The van der Waals surface area contributed by atoms with Gasteiger partial charge >= 0.3 is 0 Å². The fourth-order valence-corrected chi connectivity index (χ4v) is 3.78. The summed E-state index contributed by atoms with van der Waals surface area (Å²) in [6.45, 7) is 0. The predicted octanol–water partition coefficient (Wildman–Crippen LogP) is 2.51. The molecular formula is C19H20N2O4S. The van der Waals surface area contributed by atoms with Gasteiger partial charge in [0.05, 0.1) is 12.0 Å². The maximum Gasteiger partial charge on any atom is 0.257 e. The molecule has 0 unspecified atom stereocenters. The fourth-order valence-electron chi connectivity index (χ4n) is 2.88. The van der Waals surface area contributed by atoms with E-state index in [1.165, 1.54) is 18.2 Å². The lowest BCUT2D eigenvalue weighted by molar-refractivity contribution is -0.115. The van der Waals surface area contributed by atoms with E-state index in [0.717, 1.165) is 11.3 Å². The summed E-state index contributed by atoms with van der Waals surface area (Å²) in [6, 6.07) is 15.6. The van der Waals surface area contributed by atoms with Crippen LogP contribution in [-0.2, 0) is 14.8 Å². The quantitative estimate of drug-likeness (QED) is 0.761. The molecule has 2 aromatic carbocycles. The number of ketones is 1. The Balaban J connectivity index is 1.69. The second kappa shape index (κ2) is 7.72. The van der Waals surface area contributed by atoms with Crippen molar-refractivity contribution in [3.63, 3.8) is 0 Å². The van der Waals surface area contributed by atoms with E-state index < -0.39 is 10.0 Å². The Morgan fingerprint density at radius 3 is 2.35 bits per heavy atom. The molecule has 0 aliphatic heterocycles. The van der Waals surface area contributed by atoms with Crippen LogP contribution in [0.4, 0.5) is 0 Å². The molecule has 1 aliphatic carbocycles. The van der Waals surface area contributed by atoms with Crippen LogP contribution in [0.25, 0.3) is 0 Å². The van der Waals surface area contributed by atoms with E-state index in [9.17, 15) is 13.2 Å². The minimum Gasteiger partial charge on any atom is -0.497 e. The molecule has 0 heterocycles. The van der Waals surface area contributed by atoms with Gasteiger partial charge in [-0.25, -0.2) is 8.42 Å². The molecule has 0 fully saturated rings. The molecule has 6 nitrogen and oxygen atoms in total. The highest BCUT2D eigenvalue weighted by Gasteiger charge is 2.23. The van der Waals surface area contributed by atoms with Crippen LogP contribution in [0.1, 0.15) is 24.3 Å². The van der Waals surface area contributed by atoms with Gasteiger partial charge in [-0.05, 0) is 42.2 Å². The van der Waals surface area contributed by atoms with Crippen molar-refractivity contribution >= 4 is 15.8 Å². The van der Waals surface area contributed by atoms with Crippen LogP contribution in [0.5, 0.6) is 5.75 Å². The summed E-state index contributed by atoms with van der Waals surface area (Å²) in [6.07, 6.45) is 2.38. The summed E-state index contributed by atoms with van der Waals surface area (Å²) in [7, 11) is -2.10. The molecule has 2 aromatic rings. The van der Waals surface area contributed by atoms with Gasteiger partial charge in [0.15, 0.2) is 5.78 Å². The van der Waals surface area contributed by atoms with Gasteiger partial charge in [0.2, 0.25) is 0 Å². The van der Waals surface area contributed by atoms with Gasteiger partial charge in [-0.2, -0.15) is 0 Å². The number of ether oxygens (including phenoxy) is 1. The number of hydrogen-bond donors (Lipinski definition) is 2. The summed E-state index contributed by atoms with van der Waals surface area (Å²) in [5.41, 5.74) is 4.25. The molecule has 136 valence electrons. The Labute approximate surface area is 152 Å². The molecule has 0 bridgehead atoms. The van der Waals surface area contributed by atoms with Crippen LogP contribution < -0.4 is 15.0 Å². The summed E-state index contributed by atoms with van der Waals surface area (Å²) in [5.74, 6) is 0.695. The van der Waals surface area contributed by atoms with Crippen LogP contribution in [0.3, 0.4) is 0 Å². The first kappa shape index (κ1) is 18.2. The Kier molecular flexibility index (Phi) is 5.39. The van der Waals surface area contributed by atoms with Gasteiger partial charge in [-0.15, -0.1) is 4.83 Å². The fraction of sp³-hybridized carbons (Fsp3) is 0.211. The van der Waals surface area contributed by atoms with Crippen molar-refractivity contribution < 1.29 is 17.9 Å². The van der Waals surface area contributed by atoms with Crippen molar-refractivity contribution in [2.75, 3.05) is 7.11 Å². The van der Waals surface area contributed by atoms with E-state index >= 15 is 0 Å². The predicted molar refractivity (Wildman–Crippen MR) is 98.0 cm³/mol. The van der Waals surface area contributed by atoms with Crippen LogP contribution in [0, 0.1) is 0 Å². The molecule has 26 heavy (non-hydrogen) atoms. The summed E-state index contributed by atoms with van der Waals surface area (Å²) >= 11 is 0. The number of hydrazine groups is 1. The zero-order valence-electron chi connectivity index (χ0n) is 14.3. The first-order chi connectivity index (χ1) is 12.5. The van der Waals surface area contributed by atoms with Crippen LogP contribution in [0.2, 0.25) is 0 Å². The second-order valence-electron chi connectivity index (χ2n) is 6.06. The van der Waals surface area contributed by atoms with Gasteiger partial charge in [-0.3, -0.25) is 4.79 Å². The van der Waals surface area contributed by atoms with E-state index in [4.69, 9.17) is 4.74 Å². The van der Waals surface area contributed by atoms with Crippen LogP contribution in [-0.4, -0.2) is 21.3 Å². The van der Waals surface area contributed by atoms with E-state index in [0.29, 0.717) is 18.5 Å². The number of nitrogens with one attached hydrogen (secondary N) is 2. The number of hydrogen-bond acceptors (Lipinski definition) is 5. The summed E-state index contributed by atoms with van der Waals surface area (Å²) in [4.78, 5) is 14.5. The Hall–Kier alpha value is -2.64. The third-order valence-corrected chi connectivity index (χ3v) is 5.50. The number of rotatable bonds is 6. The largest absolute Gasteiger partial charge is 0.497 e. The minimum absolute atomic E-state index is 0.0119. The molecule has 1 atom stereocenters. The average molecular weight is 372 g/mol. The smallest absolute Gasteiger partial charge is 0.257 e.